The lowest BCUT2D eigenvalue weighted by atomic mass is 10.1. The summed E-state index contributed by atoms with van der Waals surface area (Å²) >= 11 is 0. The van der Waals surface area contributed by atoms with Gasteiger partial charge in [-0.2, -0.15) is 5.10 Å². The fraction of sp³-hybridized carbons (Fsp3) is 0.333. The van der Waals surface area contributed by atoms with Crippen LogP contribution < -0.4 is 14.9 Å². The highest BCUT2D eigenvalue weighted by molar-refractivity contribution is 5.81. The Bertz CT molecular complexity index is 627. The van der Waals surface area contributed by atoms with Crippen molar-refractivity contribution in [3.8, 4) is 11.5 Å². The number of hydrogen-bond donors (Lipinski definition) is 1. The molecular formula is C18H23N3O2. The van der Waals surface area contributed by atoms with Gasteiger partial charge in [-0.3, -0.25) is 5.43 Å². The molecule has 5 nitrogen and oxygen atoms in total. The third kappa shape index (κ3) is 5.62. The normalized spacial score (nSPS) is 11.0. The number of anilines is 1. The minimum Gasteiger partial charge on any atom is -0.493 e. The van der Waals surface area contributed by atoms with Crippen molar-refractivity contribution in [2.75, 3.05) is 19.1 Å². The highest BCUT2D eigenvalue weighted by Gasteiger charge is 2.05. The lowest BCUT2D eigenvalue weighted by Crippen LogP contribution is -2.03. The van der Waals surface area contributed by atoms with Gasteiger partial charge in [-0.25, -0.2) is 4.98 Å². The van der Waals surface area contributed by atoms with E-state index in [0.29, 0.717) is 24.1 Å². The Morgan fingerprint density at radius 3 is 2.78 bits per heavy atom. The van der Waals surface area contributed by atoms with Crippen LogP contribution in [0.4, 0.5) is 5.82 Å². The van der Waals surface area contributed by atoms with Crippen molar-refractivity contribution in [3.05, 3.63) is 48.2 Å². The van der Waals surface area contributed by atoms with Crippen molar-refractivity contribution in [1.82, 2.24) is 4.98 Å². The molecule has 1 aromatic heterocycles. The first-order chi connectivity index (χ1) is 11.2. The molecular weight excluding hydrogens is 290 g/mol. The predicted molar refractivity (Wildman–Crippen MR) is 93.4 cm³/mol. The van der Waals surface area contributed by atoms with Crippen LogP contribution in [0.2, 0.25) is 0 Å². The first-order valence-corrected chi connectivity index (χ1v) is 7.70. The van der Waals surface area contributed by atoms with Crippen molar-refractivity contribution in [2.24, 2.45) is 11.0 Å². The van der Waals surface area contributed by atoms with Crippen LogP contribution >= 0.6 is 0 Å². The lowest BCUT2D eigenvalue weighted by molar-refractivity contribution is 0.273. The summed E-state index contributed by atoms with van der Waals surface area (Å²) in [6.45, 7) is 5.03. The molecule has 0 aliphatic rings. The van der Waals surface area contributed by atoms with Crippen molar-refractivity contribution in [2.45, 2.75) is 20.3 Å². The lowest BCUT2D eigenvalue weighted by Gasteiger charge is -2.12. The number of rotatable bonds is 8. The van der Waals surface area contributed by atoms with E-state index in [1.807, 2.05) is 36.4 Å². The zero-order chi connectivity index (χ0) is 16.5. The monoisotopic (exact) mass is 313 g/mol. The number of hydrazone groups is 1. The highest BCUT2D eigenvalue weighted by Crippen LogP contribution is 2.27. The number of methoxy groups -OCH3 is 1. The molecule has 0 amide bonds. The second-order valence-electron chi connectivity index (χ2n) is 5.53. The Balaban J connectivity index is 1.97. The van der Waals surface area contributed by atoms with E-state index in [-0.39, 0.29) is 0 Å². The zero-order valence-corrected chi connectivity index (χ0v) is 13.8. The van der Waals surface area contributed by atoms with E-state index in [1.54, 1.807) is 19.5 Å². The Kier molecular flexibility index (Phi) is 6.41. The van der Waals surface area contributed by atoms with E-state index < -0.39 is 0 Å². The predicted octanol–water partition coefficient (Wildman–Crippen LogP) is 3.96. The summed E-state index contributed by atoms with van der Waals surface area (Å²) in [5.41, 5.74) is 3.80. The third-order valence-electron chi connectivity index (χ3n) is 3.20. The maximum Gasteiger partial charge on any atom is 0.161 e. The number of ether oxygens (including phenoxy) is 2. The maximum atomic E-state index is 5.77. The van der Waals surface area contributed by atoms with Gasteiger partial charge >= 0.3 is 0 Å². The summed E-state index contributed by atoms with van der Waals surface area (Å²) in [5, 5.41) is 4.17. The first-order valence-electron chi connectivity index (χ1n) is 7.70. The van der Waals surface area contributed by atoms with Gasteiger partial charge in [0.05, 0.1) is 19.9 Å². The molecule has 1 aromatic carbocycles. The van der Waals surface area contributed by atoms with Crippen LogP contribution in [0.15, 0.2) is 47.7 Å². The molecule has 0 fully saturated rings. The zero-order valence-electron chi connectivity index (χ0n) is 13.8. The minimum absolute atomic E-state index is 0.616. The second kappa shape index (κ2) is 8.78. The van der Waals surface area contributed by atoms with E-state index >= 15 is 0 Å². The molecule has 0 atom stereocenters. The van der Waals surface area contributed by atoms with E-state index in [9.17, 15) is 0 Å². The van der Waals surface area contributed by atoms with Gasteiger partial charge in [0.2, 0.25) is 0 Å². The molecule has 0 bridgehead atoms. The van der Waals surface area contributed by atoms with Gasteiger partial charge < -0.3 is 9.47 Å². The van der Waals surface area contributed by atoms with Gasteiger partial charge in [-0.05, 0) is 48.2 Å². The fourth-order valence-electron chi connectivity index (χ4n) is 1.89. The molecule has 0 aliphatic carbocycles. The molecule has 1 heterocycles. The van der Waals surface area contributed by atoms with Crippen molar-refractivity contribution in [3.63, 3.8) is 0 Å². The molecule has 0 radical (unpaired) electrons. The Morgan fingerprint density at radius 2 is 2.09 bits per heavy atom. The molecule has 0 saturated heterocycles. The van der Waals surface area contributed by atoms with Crippen LogP contribution in [0.5, 0.6) is 11.5 Å². The minimum atomic E-state index is 0.616. The van der Waals surface area contributed by atoms with Crippen LogP contribution in [0, 0.1) is 5.92 Å². The van der Waals surface area contributed by atoms with E-state index in [1.165, 1.54) is 0 Å². The van der Waals surface area contributed by atoms with Gasteiger partial charge in [-0.15, -0.1) is 0 Å². The van der Waals surface area contributed by atoms with Crippen LogP contribution in [-0.4, -0.2) is 24.9 Å². The number of aromatic nitrogens is 1. The molecule has 0 aliphatic heterocycles. The molecule has 122 valence electrons. The smallest absolute Gasteiger partial charge is 0.161 e. The SMILES string of the molecule is COc1cc(/C=N\Nc2ccccn2)ccc1OCCC(C)C. The summed E-state index contributed by atoms with van der Waals surface area (Å²) in [6.07, 6.45) is 4.44. The van der Waals surface area contributed by atoms with Gasteiger partial charge in [-0.1, -0.05) is 19.9 Å². The van der Waals surface area contributed by atoms with Crippen LogP contribution in [-0.2, 0) is 0 Å². The molecule has 0 unspecified atom stereocenters. The third-order valence-corrected chi connectivity index (χ3v) is 3.20. The van der Waals surface area contributed by atoms with Crippen molar-refractivity contribution in [1.29, 1.82) is 0 Å². The van der Waals surface area contributed by atoms with Crippen molar-refractivity contribution >= 4 is 12.0 Å². The van der Waals surface area contributed by atoms with Gasteiger partial charge in [0.1, 0.15) is 5.82 Å². The Labute approximate surface area is 137 Å². The van der Waals surface area contributed by atoms with Gasteiger partial charge in [0.15, 0.2) is 11.5 Å². The van der Waals surface area contributed by atoms with Crippen LogP contribution in [0.1, 0.15) is 25.8 Å². The quantitative estimate of drug-likeness (QED) is 0.592. The molecule has 0 saturated carbocycles. The standard InChI is InChI=1S/C18H23N3O2/c1-14(2)9-11-23-16-8-7-15(12-17(16)22-3)13-20-21-18-6-4-5-10-19-18/h4-8,10,12-14H,9,11H2,1-3H3,(H,19,21)/b20-13-. The van der Waals surface area contributed by atoms with Gasteiger partial charge in [0, 0.05) is 6.20 Å². The summed E-state index contributed by atoms with van der Waals surface area (Å²) in [5.74, 6) is 2.77. The molecule has 1 N–H and O–H groups in total. The number of pyridine rings is 1. The van der Waals surface area contributed by atoms with Gasteiger partial charge in [0.25, 0.3) is 0 Å². The molecule has 23 heavy (non-hydrogen) atoms. The Morgan fingerprint density at radius 1 is 1.22 bits per heavy atom. The van der Waals surface area contributed by atoms with Crippen LogP contribution in [0.25, 0.3) is 0 Å². The number of hydrogen-bond acceptors (Lipinski definition) is 5. The summed E-state index contributed by atoms with van der Waals surface area (Å²) in [6, 6.07) is 11.4. The molecule has 5 heteroatoms. The summed E-state index contributed by atoms with van der Waals surface area (Å²) in [4.78, 5) is 4.14. The molecule has 0 spiro atoms. The van der Waals surface area contributed by atoms with E-state index in [4.69, 9.17) is 9.47 Å². The van der Waals surface area contributed by atoms with E-state index in [2.05, 4.69) is 29.4 Å². The number of nitrogens with one attached hydrogen (secondary N) is 1. The summed E-state index contributed by atoms with van der Waals surface area (Å²) < 4.78 is 11.2. The number of nitrogens with zero attached hydrogens (tertiary/aromatic N) is 2. The fourth-order valence-corrected chi connectivity index (χ4v) is 1.89. The summed E-state index contributed by atoms with van der Waals surface area (Å²) in [7, 11) is 1.64. The largest absolute Gasteiger partial charge is 0.493 e. The first kappa shape index (κ1) is 16.8. The highest BCUT2D eigenvalue weighted by atomic mass is 16.5. The average Bonchev–Trinajstić information content (AvgIpc) is 2.56. The topological polar surface area (TPSA) is 55.7 Å². The number of benzene rings is 1. The van der Waals surface area contributed by atoms with E-state index in [0.717, 1.165) is 17.7 Å². The molecule has 2 rings (SSSR count). The molecule has 2 aromatic rings. The Hall–Kier alpha value is -2.56. The maximum absolute atomic E-state index is 5.77. The van der Waals surface area contributed by atoms with Crippen molar-refractivity contribution < 1.29 is 9.47 Å². The van der Waals surface area contributed by atoms with Crippen LogP contribution in [0.3, 0.4) is 0 Å². The average molecular weight is 313 g/mol. The second-order valence-corrected chi connectivity index (χ2v) is 5.53.